The second-order valence-electron chi connectivity index (χ2n) is 5.57. The molecule has 0 aromatic rings. The van der Waals surface area contributed by atoms with E-state index in [1.807, 2.05) is 0 Å². The van der Waals surface area contributed by atoms with Gasteiger partial charge in [-0.25, -0.2) is 0 Å². The third kappa shape index (κ3) is 4.36. The van der Waals surface area contributed by atoms with Crippen molar-refractivity contribution in [2.24, 2.45) is 17.8 Å². The number of rotatable bonds is 5. The summed E-state index contributed by atoms with van der Waals surface area (Å²) < 4.78 is 0. The van der Waals surface area contributed by atoms with E-state index in [0.29, 0.717) is 5.92 Å². The van der Waals surface area contributed by atoms with Gasteiger partial charge in [0.15, 0.2) is 0 Å². The van der Waals surface area contributed by atoms with Gasteiger partial charge in [0.25, 0.3) is 0 Å². The molecule has 1 fully saturated rings. The minimum absolute atomic E-state index is 0.630. The highest BCUT2D eigenvalue weighted by atomic mass is 14.4. The van der Waals surface area contributed by atoms with E-state index < -0.39 is 0 Å². The summed E-state index contributed by atoms with van der Waals surface area (Å²) >= 11 is 0. The normalized spacial score (nSPS) is 26.9. The van der Waals surface area contributed by atoms with Crippen molar-refractivity contribution in [2.75, 3.05) is 0 Å². The van der Waals surface area contributed by atoms with Crippen LogP contribution in [0.2, 0.25) is 0 Å². The van der Waals surface area contributed by atoms with Crippen LogP contribution in [-0.4, -0.2) is 5.71 Å². The first-order valence-corrected chi connectivity index (χ1v) is 6.70. The van der Waals surface area contributed by atoms with Gasteiger partial charge in [-0.3, -0.25) is 0 Å². The van der Waals surface area contributed by atoms with Crippen LogP contribution in [0.1, 0.15) is 65.7 Å². The van der Waals surface area contributed by atoms with Crippen molar-refractivity contribution < 1.29 is 0 Å². The quantitative estimate of drug-likeness (QED) is 0.637. The van der Waals surface area contributed by atoms with Gasteiger partial charge in [0.1, 0.15) is 0 Å². The average Bonchev–Trinajstić information content (AvgIpc) is 2.26. The van der Waals surface area contributed by atoms with Crippen molar-refractivity contribution in [3.05, 3.63) is 0 Å². The predicted octanol–water partition coefficient (Wildman–Crippen LogP) is 4.66. The minimum atomic E-state index is 0.630. The van der Waals surface area contributed by atoms with E-state index in [9.17, 15) is 0 Å². The van der Waals surface area contributed by atoms with Gasteiger partial charge in [-0.05, 0) is 49.9 Å². The maximum Gasteiger partial charge on any atom is 0.0117 e. The molecule has 0 spiro atoms. The van der Waals surface area contributed by atoms with Crippen molar-refractivity contribution in [2.45, 2.75) is 65.7 Å². The standard InChI is InChI=1S/C14H27N/c1-4-14(15)13-9-7-12(8-10-13)6-5-11(2)3/h11-13,15H,4-10H2,1-3H3. The molecule has 88 valence electrons. The lowest BCUT2D eigenvalue weighted by atomic mass is 9.77. The molecule has 0 aliphatic heterocycles. The molecule has 15 heavy (non-hydrogen) atoms. The molecule has 1 aliphatic carbocycles. The third-order valence-electron chi connectivity index (χ3n) is 3.87. The van der Waals surface area contributed by atoms with Crippen LogP contribution >= 0.6 is 0 Å². The zero-order chi connectivity index (χ0) is 11.3. The minimum Gasteiger partial charge on any atom is -0.309 e. The van der Waals surface area contributed by atoms with Crippen LogP contribution in [0.25, 0.3) is 0 Å². The number of hydrogen-bond donors (Lipinski definition) is 1. The van der Waals surface area contributed by atoms with Gasteiger partial charge in [0, 0.05) is 5.71 Å². The molecule has 0 aromatic carbocycles. The van der Waals surface area contributed by atoms with E-state index in [-0.39, 0.29) is 0 Å². The molecule has 1 saturated carbocycles. The molecule has 0 aromatic heterocycles. The summed E-state index contributed by atoms with van der Waals surface area (Å²) in [5.41, 5.74) is 0.998. The summed E-state index contributed by atoms with van der Waals surface area (Å²) in [4.78, 5) is 0. The van der Waals surface area contributed by atoms with Gasteiger partial charge in [0.2, 0.25) is 0 Å². The smallest absolute Gasteiger partial charge is 0.0117 e. The van der Waals surface area contributed by atoms with Crippen molar-refractivity contribution in [3.8, 4) is 0 Å². The first kappa shape index (κ1) is 12.7. The topological polar surface area (TPSA) is 23.9 Å². The lowest BCUT2D eigenvalue weighted by molar-refractivity contribution is 0.288. The Kier molecular flexibility index (Phi) is 5.35. The Morgan fingerprint density at radius 2 is 1.80 bits per heavy atom. The summed E-state index contributed by atoms with van der Waals surface area (Å²) in [6.45, 7) is 6.75. The fourth-order valence-corrected chi connectivity index (χ4v) is 2.66. The van der Waals surface area contributed by atoms with E-state index >= 15 is 0 Å². The third-order valence-corrected chi connectivity index (χ3v) is 3.87. The molecule has 0 bridgehead atoms. The predicted molar refractivity (Wildman–Crippen MR) is 67.5 cm³/mol. The molecule has 0 amide bonds. The molecule has 0 atom stereocenters. The highest BCUT2D eigenvalue weighted by Crippen LogP contribution is 2.33. The highest BCUT2D eigenvalue weighted by molar-refractivity contribution is 5.83. The number of hydrogen-bond acceptors (Lipinski definition) is 1. The molecule has 0 heterocycles. The first-order valence-electron chi connectivity index (χ1n) is 6.70. The van der Waals surface area contributed by atoms with Crippen molar-refractivity contribution >= 4 is 5.71 Å². The van der Waals surface area contributed by atoms with E-state index in [1.54, 1.807) is 0 Å². The Balaban J connectivity index is 2.21. The van der Waals surface area contributed by atoms with Crippen LogP contribution in [-0.2, 0) is 0 Å². The fraction of sp³-hybridized carbons (Fsp3) is 0.929. The molecule has 0 unspecified atom stereocenters. The highest BCUT2D eigenvalue weighted by Gasteiger charge is 2.22. The molecular weight excluding hydrogens is 182 g/mol. The zero-order valence-electron chi connectivity index (χ0n) is 10.7. The van der Waals surface area contributed by atoms with E-state index in [2.05, 4.69) is 20.8 Å². The van der Waals surface area contributed by atoms with Crippen molar-refractivity contribution in [1.29, 1.82) is 5.41 Å². The molecule has 1 N–H and O–H groups in total. The average molecular weight is 209 g/mol. The van der Waals surface area contributed by atoms with Crippen molar-refractivity contribution in [1.82, 2.24) is 0 Å². The summed E-state index contributed by atoms with van der Waals surface area (Å²) in [6, 6.07) is 0. The second-order valence-corrected chi connectivity index (χ2v) is 5.57. The Hall–Kier alpha value is -0.330. The van der Waals surface area contributed by atoms with E-state index in [1.165, 1.54) is 38.5 Å². The summed E-state index contributed by atoms with van der Waals surface area (Å²) in [5.74, 6) is 2.45. The van der Waals surface area contributed by atoms with Crippen LogP contribution in [0.15, 0.2) is 0 Å². The Morgan fingerprint density at radius 1 is 1.20 bits per heavy atom. The lowest BCUT2D eigenvalue weighted by Gasteiger charge is -2.29. The summed E-state index contributed by atoms with van der Waals surface area (Å²) in [6.07, 6.45) is 9.09. The Labute approximate surface area is 95.2 Å². The van der Waals surface area contributed by atoms with Crippen LogP contribution < -0.4 is 0 Å². The van der Waals surface area contributed by atoms with Crippen LogP contribution in [0.5, 0.6) is 0 Å². The molecule has 0 radical (unpaired) electrons. The summed E-state index contributed by atoms with van der Waals surface area (Å²) in [7, 11) is 0. The van der Waals surface area contributed by atoms with Gasteiger partial charge in [-0.2, -0.15) is 0 Å². The molecule has 0 saturated heterocycles. The van der Waals surface area contributed by atoms with Gasteiger partial charge in [-0.15, -0.1) is 0 Å². The molecule has 1 nitrogen and oxygen atoms in total. The fourth-order valence-electron chi connectivity index (χ4n) is 2.66. The van der Waals surface area contributed by atoms with Crippen LogP contribution in [0, 0.1) is 23.2 Å². The van der Waals surface area contributed by atoms with Crippen LogP contribution in [0.3, 0.4) is 0 Å². The number of nitrogens with one attached hydrogen (secondary N) is 1. The Bertz CT molecular complexity index is 188. The van der Waals surface area contributed by atoms with E-state index in [4.69, 9.17) is 5.41 Å². The van der Waals surface area contributed by atoms with Crippen LogP contribution in [0.4, 0.5) is 0 Å². The largest absolute Gasteiger partial charge is 0.309 e. The maximum absolute atomic E-state index is 7.87. The zero-order valence-corrected chi connectivity index (χ0v) is 10.7. The van der Waals surface area contributed by atoms with Gasteiger partial charge < -0.3 is 5.41 Å². The van der Waals surface area contributed by atoms with Gasteiger partial charge in [-0.1, -0.05) is 33.6 Å². The Morgan fingerprint density at radius 3 is 2.27 bits per heavy atom. The molecular formula is C14H27N. The van der Waals surface area contributed by atoms with E-state index in [0.717, 1.165) is 24.0 Å². The first-order chi connectivity index (χ1) is 7.13. The van der Waals surface area contributed by atoms with Gasteiger partial charge >= 0.3 is 0 Å². The lowest BCUT2D eigenvalue weighted by Crippen LogP contribution is -2.21. The molecule has 1 heteroatoms. The monoisotopic (exact) mass is 209 g/mol. The van der Waals surface area contributed by atoms with Gasteiger partial charge in [0.05, 0.1) is 0 Å². The maximum atomic E-state index is 7.87. The molecule has 1 aliphatic rings. The second kappa shape index (κ2) is 6.30. The molecule has 1 rings (SSSR count). The SMILES string of the molecule is CCC(=N)C1CCC(CCC(C)C)CC1. The summed E-state index contributed by atoms with van der Waals surface area (Å²) in [5, 5.41) is 7.87. The van der Waals surface area contributed by atoms with Crippen molar-refractivity contribution in [3.63, 3.8) is 0 Å².